The molecular formula is C28H29Cl3N2O3. The molecule has 1 N–H and O–H groups in total. The van der Waals surface area contributed by atoms with Crippen LogP contribution in [0, 0.1) is 0 Å². The topological polar surface area (TPSA) is 58.6 Å². The zero-order valence-electron chi connectivity index (χ0n) is 20.1. The molecule has 0 radical (unpaired) electrons. The highest BCUT2D eigenvalue weighted by atomic mass is 35.5. The molecule has 5 nitrogen and oxygen atoms in total. The highest BCUT2D eigenvalue weighted by molar-refractivity contribution is 6.35. The van der Waals surface area contributed by atoms with Gasteiger partial charge < -0.3 is 15.0 Å². The third kappa shape index (κ3) is 8.44. The van der Waals surface area contributed by atoms with E-state index in [1.54, 1.807) is 42.5 Å². The Hall–Kier alpha value is -2.73. The summed E-state index contributed by atoms with van der Waals surface area (Å²) in [6.07, 6.45) is 2.14. The number of amides is 2. The highest BCUT2D eigenvalue weighted by Crippen LogP contribution is 2.24. The second-order valence-electron chi connectivity index (χ2n) is 8.35. The molecular weight excluding hydrogens is 519 g/mol. The molecule has 0 unspecified atom stereocenters. The van der Waals surface area contributed by atoms with Gasteiger partial charge in [0.15, 0.2) is 6.61 Å². The Bertz CT molecular complexity index is 1140. The van der Waals surface area contributed by atoms with Gasteiger partial charge in [0.1, 0.15) is 11.8 Å². The summed E-state index contributed by atoms with van der Waals surface area (Å²) in [7, 11) is 0. The molecule has 2 amide bonds. The van der Waals surface area contributed by atoms with Crippen LogP contribution in [0.1, 0.15) is 30.9 Å². The summed E-state index contributed by atoms with van der Waals surface area (Å²) in [4.78, 5) is 28.5. The summed E-state index contributed by atoms with van der Waals surface area (Å²) in [6, 6.07) is 20.7. The number of carbonyl (C=O) groups excluding carboxylic acids is 2. The van der Waals surface area contributed by atoms with Gasteiger partial charge in [-0.3, -0.25) is 9.59 Å². The summed E-state index contributed by atoms with van der Waals surface area (Å²) in [5.41, 5.74) is 1.62. The fraction of sp³-hybridized carbons (Fsp3) is 0.286. The molecule has 0 fully saturated rings. The quantitative estimate of drug-likeness (QED) is 0.261. The minimum atomic E-state index is -0.766. The molecule has 0 saturated carbocycles. The minimum absolute atomic E-state index is 0.123. The number of halogens is 3. The molecule has 0 aliphatic carbocycles. The van der Waals surface area contributed by atoms with Gasteiger partial charge in [-0.05, 0) is 53.9 Å². The summed E-state index contributed by atoms with van der Waals surface area (Å²) in [5.74, 6) is -0.0657. The zero-order valence-corrected chi connectivity index (χ0v) is 22.3. The van der Waals surface area contributed by atoms with Gasteiger partial charge in [0, 0.05) is 34.6 Å². The molecule has 3 rings (SSSR count). The van der Waals surface area contributed by atoms with Gasteiger partial charge in [-0.15, -0.1) is 0 Å². The van der Waals surface area contributed by atoms with Crippen molar-refractivity contribution in [2.24, 2.45) is 0 Å². The van der Waals surface area contributed by atoms with Gasteiger partial charge in [-0.2, -0.15) is 0 Å². The summed E-state index contributed by atoms with van der Waals surface area (Å²) in [5, 5.41) is 4.47. The van der Waals surface area contributed by atoms with E-state index in [1.165, 1.54) is 4.90 Å². The Morgan fingerprint density at radius 3 is 2.31 bits per heavy atom. The zero-order chi connectivity index (χ0) is 25.9. The molecule has 0 aliphatic rings. The molecule has 0 spiro atoms. The van der Waals surface area contributed by atoms with Crippen molar-refractivity contribution >= 4 is 46.6 Å². The van der Waals surface area contributed by atoms with Crippen molar-refractivity contribution in [2.45, 2.75) is 38.8 Å². The van der Waals surface area contributed by atoms with Crippen LogP contribution < -0.4 is 10.1 Å². The lowest BCUT2D eigenvalue weighted by Gasteiger charge is -2.31. The van der Waals surface area contributed by atoms with Gasteiger partial charge in [-0.25, -0.2) is 0 Å². The molecule has 0 bridgehead atoms. The Labute approximate surface area is 227 Å². The number of carbonyl (C=O) groups is 2. The Morgan fingerprint density at radius 2 is 1.64 bits per heavy atom. The number of benzene rings is 3. The molecule has 0 aliphatic heterocycles. The maximum atomic E-state index is 13.6. The van der Waals surface area contributed by atoms with Crippen LogP contribution in [0.25, 0.3) is 0 Å². The lowest BCUT2D eigenvalue weighted by molar-refractivity contribution is -0.142. The number of hydrogen-bond donors (Lipinski definition) is 1. The van der Waals surface area contributed by atoms with E-state index < -0.39 is 6.04 Å². The van der Waals surface area contributed by atoms with Crippen molar-refractivity contribution < 1.29 is 14.3 Å². The van der Waals surface area contributed by atoms with Crippen molar-refractivity contribution in [3.8, 4) is 5.75 Å². The molecule has 0 heterocycles. The van der Waals surface area contributed by atoms with E-state index in [2.05, 4.69) is 12.2 Å². The second kappa shape index (κ2) is 14.1. The van der Waals surface area contributed by atoms with Crippen molar-refractivity contribution in [3.05, 3.63) is 99.0 Å². The van der Waals surface area contributed by atoms with Crippen LogP contribution in [-0.4, -0.2) is 35.9 Å². The van der Waals surface area contributed by atoms with E-state index in [0.717, 1.165) is 18.4 Å². The monoisotopic (exact) mass is 546 g/mol. The van der Waals surface area contributed by atoms with E-state index in [0.29, 0.717) is 39.3 Å². The molecule has 36 heavy (non-hydrogen) atoms. The SMILES string of the molecule is CCCCNC(=O)[C@H](Cc1ccccc1)N(Cc1ccc(Cl)cc1Cl)C(=O)COc1ccc(Cl)cc1. The van der Waals surface area contributed by atoms with E-state index >= 15 is 0 Å². The van der Waals surface area contributed by atoms with Crippen LogP contribution >= 0.6 is 34.8 Å². The first kappa shape index (κ1) is 27.9. The molecule has 3 aromatic carbocycles. The van der Waals surface area contributed by atoms with Crippen molar-refractivity contribution in [3.63, 3.8) is 0 Å². The molecule has 190 valence electrons. The summed E-state index contributed by atoms with van der Waals surface area (Å²) < 4.78 is 5.73. The largest absolute Gasteiger partial charge is 0.484 e. The Kier molecular flexibility index (Phi) is 10.9. The van der Waals surface area contributed by atoms with Crippen LogP contribution in [0.15, 0.2) is 72.8 Å². The normalized spacial score (nSPS) is 11.6. The average Bonchev–Trinajstić information content (AvgIpc) is 2.87. The Balaban J connectivity index is 1.90. The molecule has 0 saturated heterocycles. The fourth-order valence-corrected chi connectivity index (χ4v) is 4.25. The van der Waals surface area contributed by atoms with Crippen molar-refractivity contribution in [2.75, 3.05) is 13.2 Å². The van der Waals surface area contributed by atoms with Gasteiger partial charge >= 0.3 is 0 Å². The number of nitrogens with zero attached hydrogens (tertiary/aromatic N) is 1. The van der Waals surface area contributed by atoms with Crippen LogP contribution in [-0.2, 0) is 22.6 Å². The highest BCUT2D eigenvalue weighted by Gasteiger charge is 2.31. The van der Waals surface area contributed by atoms with Crippen LogP contribution in [0.5, 0.6) is 5.75 Å². The predicted octanol–water partition coefficient (Wildman–Crippen LogP) is 6.58. The Morgan fingerprint density at radius 1 is 0.944 bits per heavy atom. The van der Waals surface area contributed by atoms with E-state index in [-0.39, 0.29) is 25.0 Å². The molecule has 3 aromatic rings. The smallest absolute Gasteiger partial charge is 0.261 e. The van der Waals surface area contributed by atoms with Gasteiger partial charge in [0.25, 0.3) is 5.91 Å². The maximum absolute atomic E-state index is 13.6. The summed E-state index contributed by atoms with van der Waals surface area (Å²) >= 11 is 18.5. The number of rotatable bonds is 12. The minimum Gasteiger partial charge on any atom is -0.484 e. The van der Waals surface area contributed by atoms with Gasteiger partial charge in [0.2, 0.25) is 5.91 Å². The van der Waals surface area contributed by atoms with Crippen molar-refractivity contribution in [1.29, 1.82) is 0 Å². The second-order valence-corrected chi connectivity index (χ2v) is 9.63. The van der Waals surface area contributed by atoms with Crippen LogP contribution in [0.2, 0.25) is 15.1 Å². The predicted molar refractivity (Wildman–Crippen MR) is 146 cm³/mol. The first-order chi connectivity index (χ1) is 17.4. The first-order valence-electron chi connectivity index (χ1n) is 11.8. The first-order valence-corrected chi connectivity index (χ1v) is 12.9. The number of nitrogens with one attached hydrogen (secondary N) is 1. The standard InChI is InChI=1S/C28H29Cl3N2O3/c1-2-3-15-32-28(35)26(16-20-7-5-4-6-8-20)33(18-21-9-10-23(30)17-25(21)31)27(34)19-36-24-13-11-22(29)12-14-24/h4-14,17,26H,2-3,15-16,18-19H2,1H3,(H,32,35)/t26-/m0/s1. The van der Waals surface area contributed by atoms with Crippen LogP contribution in [0.4, 0.5) is 0 Å². The molecule has 0 aromatic heterocycles. The molecule has 8 heteroatoms. The van der Waals surface area contributed by atoms with Crippen molar-refractivity contribution in [1.82, 2.24) is 10.2 Å². The van der Waals surface area contributed by atoms with E-state index in [4.69, 9.17) is 39.5 Å². The molecule has 1 atom stereocenters. The fourth-order valence-electron chi connectivity index (χ4n) is 3.65. The number of hydrogen-bond acceptors (Lipinski definition) is 3. The number of unbranched alkanes of at least 4 members (excludes halogenated alkanes) is 1. The number of ether oxygens (including phenoxy) is 1. The van der Waals surface area contributed by atoms with E-state index in [9.17, 15) is 9.59 Å². The van der Waals surface area contributed by atoms with Gasteiger partial charge in [0.05, 0.1) is 0 Å². The van der Waals surface area contributed by atoms with E-state index in [1.807, 2.05) is 30.3 Å². The van der Waals surface area contributed by atoms with Gasteiger partial charge in [-0.1, -0.05) is 84.5 Å². The summed E-state index contributed by atoms with van der Waals surface area (Å²) in [6.45, 7) is 2.46. The van der Waals surface area contributed by atoms with Crippen LogP contribution in [0.3, 0.4) is 0 Å². The average molecular weight is 548 g/mol. The maximum Gasteiger partial charge on any atom is 0.261 e. The third-order valence-electron chi connectivity index (χ3n) is 5.63. The third-order valence-corrected chi connectivity index (χ3v) is 6.47. The lowest BCUT2D eigenvalue weighted by Crippen LogP contribution is -2.51. The lowest BCUT2D eigenvalue weighted by atomic mass is 10.0.